The number of esters is 1. The normalized spacial score (nSPS) is 17.4. The van der Waals surface area contributed by atoms with Crippen LogP contribution in [0.2, 0.25) is 0 Å². The highest BCUT2D eigenvalue weighted by Gasteiger charge is 2.23. The van der Waals surface area contributed by atoms with E-state index in [1.54, 1.807) is 29.8 Å². The molecule has 166 valence electrons. The average molecular weight is 470 g/mol. The number of carbonyl (C=O) groups excluding carboxylic acids is 2. The van der Waals surface area contributed by atoms with E-state index in [1.807, 2.05) is 12.1 Å². The summed E-state index contributed by atoms with van der Waals surface area (Å²) in [4.78, 5) is 36.9. The molecule has 0 saturated carbocycles. The van der Waals surface area contributed by atoms with Gasteiger partial charge in [-0.2, -0.15) is 0 Å². The summed E-state index contributed by atoms with van der Waals surface area (Å²) in [7, 11) is 0. The predicted molar refractivity (Wildman–Crippen MR) is 122 cm³/mol. The van der Waals surface area contributed by atoms with E-state index in [4.69, 9.17) is 9.47 Å². The van der Waals surface area contributed by atoms with Crippen molar-refractivity contribution >= 4 is 45.2 Å². The molecule has 1 aromatic carbocycles. The first-order valence-corrected chi connectivity index (χ1v) is 12.4. The van der Waals surface area contributed by atoms with Gasteiger partial charge in [0.2, 0.25) is 0 Å². The molecule has 1 atom stereocenters. The summed E-state index contributed by atoms with van der Waals surface area (Å²) in [6.45, 7) is 0.856. The number of thiophene rings is 1. The van der Waals surface area contributed by atoms with E-state index in [0.29, 0.717) is 12.1 Å². The maximum absolute atomic E-state index is 12.8. The Morgan fingerprint density at radius 1 is 1.22 bits per heavy atom. The summed E-state index contributed by atoms with van der Waals surface area (Å²) in [5.41, 5.74) is 1.76. The van der Waals surface area contributed by atoms with Gasteiger partial charge in [-0.05, 0) is 49.8 Å². The van der Waals surface area contributed by atoms with Crippen molar-refractivity contribution in [2.24, 2.45) is 0 Å². The molecule has 1 fully saturated rings. The van der Waals surface area contributed by atoms with Crippen LogP contribution in [0.3, 0.4) is 0 Å². The molecule has 1 aliphatic heterocycles. The van der Waals surface area contributed by atoms with Crippen LogP contribution in [0.1, 0.15) is 40.1 Å². The monoisotopic (exact) mass is 469 g/mol. The van der Waals surface area contributed by atoms with Gasteiger partial charge < -0.3 is 14.8 Å². The van der Waals surface area contributed by atoms with Gasteiger partial charge in [-0.15, -0.1) is 11.3 Å². The van der Waals surface area contributed by atoms with Crippen LogP contribution in [0, 0.1) is 0 Å². The number of rotatable bonds is 7. The lowest BCUT2D eigenvalue weighted by Crippen LogP contribution is -2.34. The molecule has 2 aromatic heterocycles. The third kappa shape index (κ3) is 4.51. The first-order valence-electron chi connectivity index (χ1n) is 10.8. The predicted octanol–water partition coefficient (Wildman–Crippen LogP) is 3.78. The van der Waals surface area contributed by atoms with Crippen molar-refractivity contribution in [1.82, 2.24) is 15.3 Å². The number of hydrogen-bond donors (Lipinski definition) is 1. The lowest BCUT2D eigenvalue weighted by Gasteiger charge is -2.12. The number of benzene rings is 1. The fourth-order valence-electron chi connectivity index (χ4n) is 4.10. The van der Waals surface area contributed by atoms with Crippen LogP contribution < -0.4 is 5.32 Å². The molecule has 3 heterocycles. The Morgan fingerprint density at radius 2 is 2.12 bits per heavy atom. The van der Waals surface area contributed by atoms with Crippen LogP contribution in [-0.2, 0) is 27.1 Å². The summed E-state index contributed by atoms with van der Waals surface area (Å²) in [5, 5.41) is 4.72. The number of nitrogens with one attached hydrogen (secondary N) is 1. The second-order valence-electron chi connectivity index (χ2n) is 7.83. The molecule has 1 unspecified atom stereocenters. The second-order valence-corrected chi connectivity index (χ2v) is 9.94. The molecular formula is C23H23N3O4S2. The molecule has 3 aromatic rings. The minimum Gasteiger partial charge on any atom is -0.452 e. The molecule has 32 heavy (non-hydrogen) atoms. The first-order chi connectivity index (χ1) is 15.7. The van der Waals surface area contributed by atoms with Crippen LogP contribution >= 0.6 is 23.1 Å². The Labute approximate surface area is 193 Å². The lowest BCUT2D eigenvalue weighted by molar-refractivity contribution is -0.124. The van der Waals surface area contributed by atoms with Crippen LogP contribution in [0.15, 0.2) is 40.5 Å². The summed E-state index contributed by atoms with van der Waals surface area (Å²) in [5.74, 6) is -0.855. The smallest absolute Gasteiger partial charge is 0.339 e. The van der Waals surface area contributed by atoms with Crippen molar-refractivity contribution in [3.8, 4) is 0 Å². The Kier molecular flexibility index (Phi) is 6.38. The molecule has 5 rings (SSSR count). The third-order valence-corrected chi connectivity index (χ3v) is 7.94. The van der Waals surface area contributed by atoms with Gasteiger partial charge in [-0.1, -0.05) is 23.9 Å². The summed E-state index contributed by atoms with van der Waals surface area (Å²) in [6, 6.07) is 7.25. The molecule has 9 heteroatoms. The number of ether oxygens (including phenoxy) is 2. The van der Waals surface area contributed by atoms with Gasteiger partial charge in [-0.3, -0.25) is 4.79 Å². The van der Waals surface area contributed by atoms with Crippen molar-refractivity contribution in [2.75, 3.05) is 19.8 Å². The van der Waals surface area contributed by atoms with Gasteiger partial charge in [0.15, 0.2) is 6.61 Å². The lowest BCUT2D eigenvalue weighted by atomic mass is 10.2. The quantitative estimate of drug-likeness (QED) is 0.416. The highest BCUT2D eigenvalue weighted by Crippen LogP contribution is 2.42. The van der Waals surface area contributed by atoms with Crippen LogP contribution in [0.25, 0.3) is 10.2 Å². The number of aryl methyl sites for hydroxylation is 2. The summed E-state index contributed by atoms with van der Waals surface area (Å²) >= 11 is 3.18. The molecule has 0 radical (unpaired) electrons. The standard InChI is InChI=1S/C23H23N3O4S2/c27-19(24-11-14-5-4-10-29-14)12-30-23(28)16-6-1-2-8-18(16)32-22-20-15-7-3-9-17(15)31-21(20)25-13-26-22/h1-2,6,8,13-14H,3-5,7,9-12H2,(H,24,27). The van der Waals surface area contributed by atoms with Crippen LogP contribution in [0.5, 0.6) is 0 Å². The SMILES string of the molecule is O=C(COC(=O)c1ccccc1Sc1ncnc2sc3c(c12)CCC3)NCC1CCCO1. The largest absolute Gasteiger partial charge is 0.452 e. The van der Waals surface area contributed by atoms with Crippen molar-refractivity contribution in [1.29, 1.82) is 0 Å². The maximum atomic E-state index is 12.8. The number of amides is 1. The van der Waals surface area contributed by atoms with E-state index in [2.05, 4.69) is 15.3 Å². The molecule has 1 aliphatic carbocycles. The highest BCUT2D eigenvalue weighted by atomic mass is 32.2. The molecule has 0 bridgehead atoms. The minimum atomic E-state index is -0.527. The van der Waals surface area contributed by atoms with E-state index in [0.717, 1.165) is 58.8 Å². The Morgan fingerprint density at radius 3 is 3.00 bits per heavy atom. The summed E-state index contributed by atoms with van der Waals surface area (Å²) in [6.07, 6.45) is 6.88. The zero-order chi connectivity index (χ0) is 21.9. The molecule has 7 nitrogen and oxygen atoms in total. The molecule has 1 N–H and O–H groups in total. The molecule has 2 aliphatic rings. The van der Waals surface area contributed by atoms with Crippen molar-refractivity contribution in [2.45, 2.75) is 48.1 Å². The van der Waals surface area contributed by atoms with E-state index >= 15 is 0 Å². The first kappa shape index (κ1) is 21.4. The number of fused-ring (bicyclic) bond motifs is 3. The van der Waals surface area contributed by atoms with E-state index in [1.165, 1.54) is 22.2 Å². The van der Waals surface area contributed by atoms with Gasteiger partial charge in [0.1, 0.15) is 16.2 Å². The van der Waals surface area contributed by atoms with Gasteiger partial charge in [0, 0.05) is 28.3 Å². The van der Waals surface area contributed by atoms with Gasteiger partial charge >= 0.3 is 5.97 Å². The fraction of sp³-hybridized carbons (Fsp3) is 0.391. The van der Waals surface area contributed by atoms with Crippen molar-refractivity contribution in [3.63, 3.8) is 0 Å². The summed E-state index contributed by atoms with van der Waals surface area (Å²) < 4.78 is 10.8. The van der Waals surface area contributed by atoms with E-state index in [-0.39, 0.29) is 18.6 Å². The second kappa shape index (κ2) is 9.56. The zero-order valence-electron chi connectivity index (χ0n) is 17.5. The number of hydrogen-bond acceptors (Lipinski definition) is 8. The fourth-order valence-corrected chi connectivity index (χ4v) is 6.43. The van der Waals surface area contributed by atoms with Crippen LogP contribution in [0.4, 0.5) is 0 Å². The van der Waals surface area contributed by atoms with Gasteiger partial charge in [0.05, 0.1) is 11.7 Å². The number of aromatic nitrogens is 2. The molecular weight excluding hydrogens is 446 g/mol. The highest BCUT2D eigenvalue weighted by molar-refractivity contribution is 7.99. The van der Waals surface area contributed by atoms with Crippen molar-refractivity contribution < 1.29 is 19.1 Å². The maximum Gasteiger partial charge on any atom is 0.339 e. The van der Waals surface area contributed by atoms with Gasteiger partial charge in [-0.25, -0.2) is 14.8 Å². The van der Waals surface area contributed by atoms with Crippen LogP contribution in [-0.4, -0.2) is 47.7 Å². The van der Waals surface area contributed by atoms with E-state index < -0.39 is 5.97 Å². The van der Waals surface area contributed by atoms with Gasteiger partial charge in [0.25, 0.3) is 5.91 Å². The number of nitrogens with zero attached hydrogens (tertiary/aromatic N) is 2. The van der Waals surface area contributed by atoms with Crippen molar-refractivity contribution in [3.05, 3.63) is 46.6 Å². The minimum absolute atomic E-state index is 0.0510. The van der Waals surface area contributed by atoms with E-state index in [9.17, 15) is 9.59 Å². The molecule has 1 amide bonds. The Balaban J connectivity index is 1.28. The third-order valence-electron chi connectivity index (χ3n) is 5.67. The number of carbonyl (C=O) groups is 2. The molecule has 1 saturated heterocycles. The Bertz CT molecular complexity index is 1160. The molecule has 0 spiro atoms. The average Bonchev–Trinajstić information content (AvgIpc) is 3.54. The topological polar surface area (TPSA) is 90.4 Å². The zero-order valence-corrected chi connectivity index (χ0v) is 19.1. The Hall–Kier alpha value is -2.49.